The van der Waals surface area contributed by atoms with Crippen molar-refractivity contribution in [2.24, 2.45) is 0 Å². The second-order valence-corrected chi connectivity index (χ2v) is 3.87. The van der Waals surface area contributed by atoms with Crippen LogP contribution in [-0.4, -0.2) is 53.6 Å². The van der Waals surface area contributed by atoms with Crippen LogP contribution < -0.4 is 0 Å². The molecule has 0 bridgehead atoms. The van der Waals surface area contributed by atoms with Gasteiger partial charge >= 0.3 is 0 Å². The van der Waals surface area contributed by atoms with E-state index in [1.54, 1.807) is 12.5 Å². The highest BCUT2D eigenvalue weighted by Crippen LogP contribution is 2.06. The van der Waals surface area contributed by atoms with Gasteiger partial charge in [0.05, 0.1) is 25.6 Å². The molecular formula is C10H15N3O2. The highest BCUT2D eigenvalue weighted by molar-refractivity contribution is 5.70. The van der Waals surface area contributed by atoms with Gasteiger partial charge in [-0.3, -0.25) is 4.79 Å². The fourth-order valence-electron chi connectivity index (χ4n) is 1.75. The van der Waals surface area contributed by atoms with Gasteiger partial charge in [0.25, 0.3) is 0 Å². The topological polar surface area (TPSA) is 47.4 Å². The number of imidazole rings is 1. The van der Waals surface area contributed by atoms with Gasteiger partial charge in [0, 0.05) is 19.3 Å². The summed E-state index contributed by atoms with van der Waals surface area (Å²) in [6.07, 6.45) is 4.36. The average Bonchev–Trinajstić information content (AvgIpc) is 2.65. The number of nitrogens with zero attached hydrogens (tertiary/aromatic N) is 3. The predicted molar refractivity (Wildman–Crippen MR) is 54.9 cm³/mol. The number of ether oxygens (including phenoxy) is 1. The smallest absolute Gasteiger partial charge is 0.169 e. The van der Waals surface area contributed by atoms with Crippen LogP contribution >= 0.6 is 0 Å². The van der Waals surface area contributed by atoms with Crippen molar-refractivity contribution in [2.45, 2.75) is 12.6 Å². The summed E-state index contributed by atoms with van der Waals surface area (Å²) in [6.45, 7) is 3.44. The van der Waals surface area contributed by atoms with E-state index in [2.05, 4.69) is 16.9 Å². The van der Waals surface area contributed by atoms with E-state index in [1.165, 1.54) is 0 Å². The number of hydrogen-bond acceptors (Lipinski definition) is 4. The molecule has 0 aromatic carbocycles. The molecule has 0 spiro atoms. The Balaban J connectivity index is 1.92. The van der Waals surface area contributed by atoms with E-state index in [1.807, 2.05) is 4.57 Å². The minimum Gasteiger partial charge on any atom is -0.374 e. The molecule has 2 heterocycles. The van der Waals surface area contributed by atoms with Crippen molar-refractivity contribution in [2.75, 3.05) is 26.7 Å². The van der Waals surface area contributed by atoms with Crippen molar-refractivity contribution in [1.82, 2.24) is 14.5 Å². The van der Waals surface area contributed by atoms with Crippen LogP contribution in [0, 0.1) is 0 Å². The highest BCUT2D eigenvalue weighted by Gasteiger charge is 2.17. The van der Waals surface area contributed by atoms with Crippen molar-refractivity contribution >= 4 is 6.29 Å². The van der Waals surface area contributed by atoms with E-state index in [0.29, 0.717) is 5.69 Å². The molecule has 2 rings (SSSR count). The summed E-state index contributed by atoms with van der Waals surface area (Å²) in [7, 11) is 2.08. The maximum Gasteiger partial charge on any atom is 0.169 e. The van der Waals surface area contributed by atoms with E-state index in [-0.39, 0.29) is 6.10 Å². The zero-order chi connectivity index (χ0) is 10.7. The lowest BCUT2D eigenvalue weighted by atomic mass is 10.3. The zero-order valence-corrected chi connectivity index (χ0v) is 8.80. The molecule has 0 radical (unpaired) electrons. The van der Waals surface area contributed by atoms with Crippen LogP contribution in [0.5, 0.6) is 0 Å². The quantitative estimate of drug-likeness (QED) is 0.659. The molecule has 1 atom stereocenters. The van der Waals surface area contributed by atoms with Crippen molar-refractivity contribution in [3.05, 3.63) is 18.2 Å². The fourth-order valence-corrected chi connectivity index (χ4v) is 1.75. The molecule has 1 unspecified atom stereocenters. The molecular weight excluding hydrogens is 194 g/mol. The number of carbonyl (C=O) groups is 1. The summed E-state index contributed by atoms with van der Waals surface area (Å²) >= 11 is 0. The normalized spacial score (nSPS) is 22.9. The largest absolute Gasteiger partial charge is 0.374 e. The number of aromatic nitrogens is 2. The lowest BCUT2D eigenvalue weighted by Crippen LogP contribution is -2.41. The molecule has 1 aromatic rings. The van der Waals surface area contributed by atoms with E-state index >= 15 is 0 Å². The number of carbonyl (C=O) groups excluding carboxylic acids is 1. The molecule has 1 fully saturated rings. The van der Waals surface area contributed by atoms with Crippen LogP contribution in [0.4, 0.5) is 0 Å². The van der Waals surface area contributed by atoms with Crippen LogP contribution in [0.3, 0.4) is 0 Å². The molecule has 1 aromatic heterocycles. The van der Waals surface area contributed by atoms with Gasteiger partial charge < -0.3 is 14.2 Å². The first-order valence-electron chi connectivity index (χ1n) is 5.05. The number of morpholine rings is 1. The van der Waals surface area contributed by atoms with Gasteiger partial charge in [-0.2, -0.15) is 0 Å². The van der Waals surface area contributed by atoms with Gasteiger partial charge in [0.2, 0.25) is 0 Å². The number of rotatable bonds is 3. The zero-order valence-electron chi connectivity index (χ0n) is 8.80. The fraction of sp³-hybridized carbons (Fsp3) is 0.600. The Bertz CT molecular complexity index is 337. The molecule has 0 N–H and O–H groups in total. The third-order valence-corrected chi connectivity index (χ3v) is 2.53. The van der Waals surface area contributed by atoms with Gasteiger partial charge in [0.15, 0.2) is 6.29 Å². The summed E-state index contributed by atoms with van der Waals surface area (Å²) < 4.78 is 7.51. The average molecular weight is 209 g/mol. The molecule has 1 aliphatic heterocycles. The molecule has 1 saturated heterocycles. The minimum absolute atomic E-state index is 0.192. The third kappa shape index (κ3) is 2.64. The monoisotopic (exact) mass is 209 g/mol. The lowest BCUT2D eigenvalue weighted by Gasteiger charge is -2.30. The number of likely N-dealkylation sites (N-methyl/N-ethyl adjacent to an activating group) is 1. The Morgan fingerprint density at radius 2 is 2.60 bits per heavy atom. The Morgan fingerprint density at radius 1 is 1.73 bits per heavy atom. The van der Waals surface area contributed by atoms with E-state index in [0.717, 1.165) is 32.5 Å². The van der Waals surface area contributed by atoms with Gasteiger partial charge in [-0.15, -0.1) is 0 Å². The van der Waals surface area contributed by atoms with E-state index in [4.69, 9.17) is 4.74 Å². The van der Waals surface area contributed by atoms with Crippen LogP contribution in [0.1, 0.15) is 10.5 Å². The minimum atomic E-state index is 0.192. The van der Waals surface area contributed by atoms with Gasteiger partial charge in [-0.1, -0.05) is 0 Å². The third-order valence-electron chi connectivity index (χ3n) is 2.53. The number of hydrogen-bond donors (Lipinski definition) is 0. The first kappa shape index (κ1) is 10.3. The summed E-state index contributed by atoms with van der Waals surface area (Å²) in [5.41, 5.74) is 0.471. The molecule has 0 saturated carbocycles. The molecule has 82 valence electrons. The number of aldehydes is 1. The second kappa shape index (κ2) is 4.55. The van der Waals surface area contributed by atoms with Crippen LogP contribution in [0.15, 0.2) is 12.5 Å². The lowest BCUT2D eigenvalue weighted by molar-refractivity contribution is -0.0274. The SMILES string of the molecule is CN1CCOC(Cn2cnc(C=O)c2)C1. The standard InChI is InChI=1S/C10H15N3O2/c1-12-2-3-15-10(5-12)6-13-4-9(7-14)11-8-13/h4,7-8,10H,2-3,5-6H2,1H3. The highest BCUT2D eigenvalue weighted by atomic mass is 16.5. The molecule has 5 heteroatoms. The summed E-state index contributed by atoms with van der Waals surface area (Å²) in [5, 5.41) is 0. The Morgan fingerprint density at radius 3 is 3.27 bits per heavy atom. The first-order chi connectivity index (χ1) is 7.28. The van der Waals surface area contributed by atoms with Crippen molar-refractivity contribution in [1.29, 1.82) is 0 Å². The first-order valence-corrected chi connectivity index (χ1v) is 5.05. The van der Waals surface area contributed by atoms with Crippen molar-refractivity contribution < 1.29 is 9.53 Å². The molecule has 1 aliphatic rings. The van der Waals surface area contributed by atoms with Crippen LogP contribution in [0.25, 0.3) is 0 Å². The van der Waals surface area contributed by atoms with Gasteiger partial charge in [0.1, 0.15) is 5.69 Å². The summed E-state index contributed by atoms with van der Waals surface area (Å²) in [4.78, 5) is 16.6. The maximum absolute atomic E-state index is 10.4. The summed E-state index contributed by atoms with van der Waals surface area (Å²) in [6, 6.07) is 0. The van der Waals surface area contributed by atoms with E-state index in [9.17, 15) is 4.79 Å². The van der Waals surface area contributed by atoms with Crippen LogP contribution in [0.2, 0.25) is 0 Å². The van der Waals surface area contributed by atoms with Gasteiger partial charge in [-0.05, 0) is 7.05 Å². The van der Waals surface area contributed by atoms with Crippen molar-refractivity contribution in [3.63, 3.8) is 0 Å². The molecule has 0 aliphatic carbocycles. The Hall–Kier alpha value is -1.20. The second-order valence-electron chi connectivity index (χ2n) is 3.87. The molecule has 15 heavy (non-hydrogen) atoms. The van der Waals surface area contributed by atoms with E-state index < -0.39 is 0 Å². The maximum atomic E-state index is 10.4. The molecule has 5 nitrogen and oxygen atoms in total. The Kier molecular flexibility index (Phi) is 3.13. The molecule has 0 amide bonds. The Labute approximate surface area is 88.7 Å². The predicted octanol–water partition coefficient (Wildman–Crippen LogP) is 0.0262. The van der Waals surface area contributed by atoms with Crippen molar-refractivity contribution in [3.8, 4) is 0 Å². The van der Waals surface area contributed by atoms with Crippen LogP contribution in [-0.2, 0) is 11.3 Å². The van der Waals surface area contributed by atoms with Gasteiger partial charge in [-0.25, -0.2) is 4.98 Å². The summed E-state index contributed by atoms with van der Waals surface area (Å²) in [5.74, 6) is 0.